The first kappa shape index (κ1) is 21.7. The number of rotatable bonds is 9. The van der Waals surface area contributed by atoms with E-state index >= 15 is 0 Å². The molecule has 27 heavy (non-hydrogen) atoms. The molecule has 0 aliphatic carbocycles. The van der Waals surface area contributed by atoms with Gasteiger partial charge in [-0.05, 0) is 24.6 Å². The van der Waals surface area contributed by atoms with Crippen LogP contribution in [0.5, 0.6) is 0 Å². The third-order valence-electron chi connectivity index (χ3n) is 3.35. The second-order valence-electron chi connectivity index (χ2n) is 5.42. The molecule has 1 amide bonds. The van der Waals surface area contributed by atoms with Crippen LogP contribution in [0.1, 0.15) is 13.3 Å². The zero-order valence-electron chi connectivity index (χ0n) is 14.8. The Morgan fingerprint density at radius 1 is 1.48 bits per heavy atom. The number of nitrogens with one attached hydrogen (secondary N) is 1. The van der Waals surface area contributed by atoms with E-state index in [9.17, 15) is 13.2 Å². The molecule has 146 valence electrons. The molecule has 0 fully saturated rings. The van der Waals surface area contributed by atoms with Gasteiger partial charge in [0.25, 0.3) is 0 Å². The number of nitrogens with zero attached hydrogens (tertiary/aromatic N) is 3. The van der Waals surface area contributed by atoms with Crippen molar-refractivity contribution in [2.45, 2.75) is 23.7 Å². The monoisotopic (exact) mass is 446 g/mol. The molecule has 0 aliphatic heterocycles. The minimum atomic E-state index is -3.72. The lowest BCUT2D eigenvalue weighted by Crippen LogP contribution is -2.47. The van der Waals surface area contributed by atoms with E-state index in [4.69, 9.17) is 11.6 Å². The molecule has 1 aromatic heterocycles. The Hall–Kier alpha value is -1.62. The molecule has 1 heterocycles. The van der Waals surface area contributed by atoms with E-state index in [-0.39, 0.29) is 6.42 Å². The van der Waals surface area contributed by atoms with Crippen molar-refractivity contribution in [1.29, 1.82) is 0 Å². The lowest BCUT2D eigenvalue weighted by Gasteiger charge is -2.29. The van der Waals surface area contributed by atoms with Crippen LogP contribution in [0.2, 0.25) is 5.02 Å². The molecule has 0 saturated heterocycles. The first-order valence-corrected chi connectivity index (χ1v) is 11.9. The van der Waals surface area contributed by atoms with Gasteiger partial charge in [0.1, 0.15) is 6.04 Å². The quantitative estimate of drug-likeness (QED) is 0.359. The first-order chi connectivity index (χ1) is 12.8. The van der Waals surface area contributed by atoms with Gasteiger partial charge in [0.2, 0.25) is 21.1 Å². The maximum Gasteiger partial charge on any atom is 0.250 e. The maximum atomic E-state index is 12.8. The van der Waals surface area contributed by atoms with Gasteiger partial charge in [-0.25, -0.2) is 8.42 Å². The van der Waals surface area contributed by atoms with Gasteiger partial charge < -0.3 is 0 Å². The van der Waals surface area contributed by atoms with Crippen LogP contribution < -0.4 is 9.62 Å². The van der Waals surface area contributed by atoms with Crippen LogP contribution >= 0.6 is 34.7 Å². The van der Waals surface area contributed by atoms with Crippen molar-refractivity contribution in [2.75, 3.05) is 21.6 Å². The molecule has 0 bridgehead atoms. The summed E-state index contributed by atoms with van der Waals surface area (Å²) in [4.78, 5) is 12.8. The van der Waals surface area contributed by atoms with Gasteiger partial charge in [-0.15, -0.1) is 16.8 Å². The number of amides is 1. The standard InChI is InChI=1S/C16H19ClN4O3S3/c1-4-9-25-16-20-19-15(26-16)18-14(22)13(5-2)21(27(3,23)24)12-8-6-7-11(17)10-12/h4,6-8,10,13H,1,5,9H2,2-3H3,(H,18,19,22). The van der Waals surface area contributed by atoms with E-state index in [2.05, 4.69) is 22.1 Å². The van der Waals surface area contributed by atoms with Crippen molar-refractivity contribution in [3.63, 3.8) is 0 Å². The molecule has 1 atom stereocenters. The largest absolute Gasteiger partial charge is 0.299 e. The summed E-state index contributed by atoms with van der Waals surface area (Å²) < 4.78 is 26.5. The van der Waals surface area contributed by atoms with Gasteiger partial charge in [-0.3, -0.25) is 14.4 Å². The second kappa shape index (κ2) is 9.54. The van der Waals surface area contributed by atoms with Gasteiger partial charge in [-0.1, -0.05) is 53.8 Å². The van der Waals surface area contributed by atoms with Gasteiger partial charge >= 0.3 is 0 Å². The highest BCUT2D eigenvalue weighted by Crippen LogP contribution is 2.28. The highest BCUT2D eigenvalue weighted by Gasteiger charge is 2.32. The topological polar surface area (TPSA) is 92.3 Å². The minimum absolute atomic E-state index is 0.266. The summed E-state index contributed by atoms with van der Waals surface area (Å²) >= 11 is 8.66. The van der Waals surface area contributed by atoms with Crippen LogP contribution in [0, 0.1) is 0 Å². The fraction of sp³-hybridized carbons (Fsp3) is 0.312. The number of anilines is 2. The first-order valence-electron chi connectivity index (χ1n) is 7.89. The fourth-order valence-corrected chi connectivity index (χ4v) is 5.22. The van der Waals surface area contributed by atoms with E-state index in [1.54, 1.807) is 31.2 Å². The Morgan fingerprint density at radius 3 is 2.81 bits per heavy atom. The van der Waals surface area contributed by atoms with Crippen LogP contribution in [0.4, 0.5) is 10.8 Å². The maximum absolute atomic E-state index is 12.8. The summed E-state index contributed by atoms with van der Waals surface area (Å²) in [5.41, 5.74) is 0.325. The van der Waals surface area contributed by atoms with Crippen LogP contribution in [-0.4, -0.2) is 42.6 Å². The number of thioether (sulfide) groups is 1. The molecule has 7 nitrogen and oxygen atoms in total. The average molecular weight is 447 g/mol. The third-order valence-corrected chi connectivity index (χ3v) is 6.74. The summed E-state index contributed by atoms with van der Waals surface area (Å²) in [5.74, 6) is 0.191. The SMILES string of the molecule is C=CCSc1nnc(NC(=O)C(CC)N(c2cccc(Cl)c2)S(C)(=O)=O)s1. The van der Waals surface area contributed by atoms with E-state index in [1.165, 1.54) is 29.2 Å². The molecule has 1 unspecified atom stereocenters. The molecule has 2 rings (SSSR count). The van der Waals surface area contributed by atoms with Crippen LogP contribution in [0.15, 0.2) is 41.3 Å². The number of hydrogen-bond acceptors (Lipinski definition) is 7. The van der Waals surface area contributed by atoms with E-state index in [0.29, 0.717) is 25.9 Å². The van der Waals surface area contributed by atoms with Crippen LogP contribution in [-0.2, 0) is 14.8 Å². The second-order valence-corrected chi connectivity index (χ2v) is 9.97. The molecule has 0 radical (unpaired) electrons. The molecule has 0 spiro atoms. The number of hydrogen-bond donors (Lipinski definition) is 1. The molecule has 0 saturated carbocycles. The number of carbonyl (C=O) groups excluding carboxylic acids is 1. The highest BCUT2D eigenvalue weighted by atomic mass is 35.5. The smallest absolute Gasteiger partial charge is 0.250 e. The van der Waals surface area contributed by atoms with E-state index in [1.807, 2.05) is 0 Å². The summed E-state index contributed by atoms with van der Waals surface area (Å²) in [6.07, 6.45) is 3.06. The predicted molar refractivity (Wildman–Crippen MR) is 112 cm³/mol. The number of benzene rings is 1. The van der Waals surface area contributed by atoms with Crippen molar-refractivity contribution >= 4 is 61.4 Å². The van der Waals surface area contributed by atoms with Crippen molar-refractivity contribution in [3.05, 3.63) is 41.9 Å². The lowest BCUT2D eigenvalue weighted by atomic mass is 10.2. The molecule has 1 N–H and O–H groups in total. The highest BCUT2D eigenvalue weighted by molar-refractivity contribution is 8.01. The molecule has 0 aliphatic rings. The summed E-state index contributed by atoms with van der Waals surface area (Å²) in [6.45, 7) is 5.37. The van der Waals surface area contributed by atoms with Crippen LogP contribution in [0.25, 0.3) is 0 Å². The minimum Gasteiger partial charge on any atom is -0.299 e. The van der Waals surface area contributed by atoms with E-state index < -0.39 is 22.0 Å². The van der Waals surface area contributed by atoms with Crippen molar-refractivity contribution in [3.8, 4) is 0 Å². The lowest BCUT2D eigenvalue weighted by molar-refractivity contribution is -0.117. The zero-order valence-corrected chi connectivity index (χ0v) is 18.0. The summed E-state index contributed by atoms with van der Waals surface area (Å²) in [7, 11) is -3.72. The number of carbonyl (C=O) groups is 1. The normalized spacial score (nSPS) is 12.4. The van der Waals surface area contributed by atoms with Gasteiger partial charge in [0.05, 0.1) is 11.9 Å². The Morgan fingerprint density at radius 2 is 2.22 bits per heavy atom. The summed E-state index contributed by atoms with van der Waals surface area (Å²) in [5, 5.41) is 11.2. The average Bonchev–Trinajstić information content (AvgIpc) is 3.03. The van der Waals surface area contributed by atoms with Crippen molar-refractivity contribution in [1.82, 2.24) is 10.2 Å². The molecule has 1 aromatic carbocycles. The Balaban J connectivity index is 2.26. The zero-order chi connectivity index (χ0) is 20.0. The van der Waals surface area contributed by atoms with Gasteiger partial charge in [0, 0.05) is 10.8 Å². The predicted octanol–water partition coefficient (Wildman–Crippen LogP) is 3.65. The van der Waals surface area contributed by atoms with E-state index in [0.717, 1.165) is 10.6 Å². The van der Waals surface area contributed by atoms with Crippen LogP contribution in [0.3, 0.4) is 0 Å². The Kier molecular flexibility index (Phi) is 7.66. The Labute approximate surface area is 171 Å². The van der Waals surface area contributed by atoms with Crippen molar-refractivity contribution in [2.24, 2.45) is 0 Å². The molecular formula is C16H19ClN4O3S3. The third kappa shape index (κ3) is 5.93. The van der Waals surface area contributed by atoms with Crippen molar-refractivity contribution < 1.29 is 13.2 Å². The fourth-order valence-electron chi connectivity index (χ4n) is 2.31. The molecular weight excluding hydrogens is 428 g/mol. The molecule has 11 heteroatoms. The Bertz CT molecular complexity index is 917. The number of sulfonamides is 1. The number of halogens is 1. The molecule has 2 aromatic rings. The summed E-state index contributed by atoms with van der Waals surface area (Å²) in [6, 6.07) is 5.42. The number of aromatic nitrogens is 2. The van der Waals surface area contributed by atoms with Gasteiger partial charge in [0.15, 0.2) is 4.34 Å². The van der Waals surface area contributed by atoms with Gasteiger partial charge in [-0.2, -0.15) is 0 Å².